The normalized spacial score (nSPS) is 20.2. The highest BCUT2D eigenvalue weighted by Crippen LogP contribution is 2.30. The van der Waals surface area contributed by atoms with Crippen LogP contribution in [-0.2, 0) is 0 Å². The number of para-hydroxylation sites is 2. The molecule has 2 heterocycles. The number of nitrogen functional groups attached to an aromatic ring is 1. The highest BCUT2D eigenvalue weighted by molar-refractivity contribution is 5.90. The van der Waals surface area contributed by atoms with Crippen LogP contribution in [0, 0.1) is 0 Å². The maximum Gasteiger partial charge on any atom is 0.227 e. The lowest BCUT2D eigenvalue weighted by atomic mass is 9.92. The van der Waals surface area contributed by atoms with Crippen molar-refractivity contribution in [2.45, 2.75) is 77.4 Å². The summed E-state index contributed by atoms with van der Waals surface area (Å²) in [6.07, 6.45) is 4.00. The monoisotopic (exact) mass is 422 g/mol. The molecule has 0 spiro atoms. The fourth-order valence-corrected chi connectivity index (χ4v) is 4.27. The molecule has 0 amide bonds. The number of nitrogens with zero attached hydrogens (tertiary/aromatic N) is 4. The van der Waals surface area contributed by atoms with Gasteiger partial charge in [-0.3, -0.25) is 5.10 Å². The van der Waals surface area contributed by atoms with Gasteiger partial charge in [-0.15, -0.1) is 0 Å². The maximum absolute atomic E-state index is 6.19. The van der Waals surface area contributed by atoms with Gasteiger partial charge in [0, 0.05) is 12.1 Å². The van der Waals surface area contributed by atoms with Crippen molar-refractivity contribution in [2.24, 2.45) is 10.7 Å². The molecule has 0 radical (unpaired) electrons. The second-order valence-corrected chi connectivity index (χ2v) is 9.12. The van der Waals surface area contributed by atoms with Gasteiger partial charge in [0.1, 0.15) is 0 Å². The first kappa shape index (κ1) is 21.4. The predicted molar refractivity (Wildman–Crippen MR) is 126 cm³/mol. The molecule has 0 unspecified atom stereocenters. The predicted octanol–water partition coefficient (Wildman–Crippen LogP) is 3.96. The summed E-state index contributed by atoms with van der Waals surface area (Å²) in [5, 5.41) is 11.3. The lowest BCUT2D eigenvalue weighted by Gasteiger charge is -2.24. The zero-order valence-corrected chi connectivity index (χ0v) is 18.9. The molecule has 1 saturated carbocycles. The number of hydrogen-bond acceptors (Lipinski definition) is 6. The Labute approximate surface area is 183 Å². The maximum atomic E-state index is 6.19. The molecule has 0 saturated heterocycles. The minimum absolute atomic E-state index is 0.186. The zero-order valence-electron chi connectivity index (χ0n) is 18.9. The van der Waals surface area contributed by atoms with E-state index in [9.17, 15) is 0 Å². The molecule has 6 N–H and O–H groups in total. The fraction of sp³-hybridized carbons (Fsp3) is 0.522. The fourth-order valence-electron chi connectivity index (χ4n) is 4.27. The number of rotatable bonds is 5. The summed E-state index contributed by atoms with van der Waals surface area (Å²) in [7, 11) is 0. The molecule has 1 fully saturated rings. The first-order valence-corrected chi connectivity index (χ1v) is 11.3. The van der Waals surface area contributed by atoms with Crippen LogP contribution in [0.1, 0.15) is 71.0 Å². The molecule has 1 aromatic carbocycles. The summed E-state index contributed by atoms with van der Waals surface area (Å²) in [5.74, 6) is 0.951. The molecular formula is C23H34N8. The lowest BCUT2D eigenvalue weighted by molar-refractivity contribution is 0.386. The minimum Gasteiger partial charge on any atom is -0.397 e. The molecule has 0 atom stereocenters. The summed E-state index contributed by atoms with van der Waals surface area (Å²) < 4.78 is 2.21. The van der Waals surface area contributed by atoms with Crippen molar-refractivity contribution in [2.75, 3.05) is 11.1 Å². The Morgan fingerprint density at radius 2 is 1.84 bits per heavy atom. The number of nitrogens with one attached hydrogen (secondary N) is 2. The van der Waals surface area contributed by atoms with Gasteiger partial charge in [0.15, 0.2) is 11.3 Å². The van der Waals surface area contributed by atoms with Crippen molar-refractivity contribution in [1.82, 2.24) is 19.7 Å². The van der Waals surface area contributed by atoms with Gasteiger partial charge in [-0.05, 0) is 57.6 Å². The summed E-state index contributed by atoms with van der Waals surface area (Å²) in [5.41, 5.74) is 17.4. The van der Waals surface area contributed by atoms with Crippen molar-refractivity contribution in [3.05, 3.63) is 35.6 Å². The van der Waals surface area contributed by atoms with E-state index in [4.69, 9.17) is 21.4 Å². The van der Waals surface area contributed by atoms with Crippen LogP contribution in [0.2, 0.25) is 0 Å². The van der Waals surface area contributed by atoms with E-state index in [1.54, 1.807) is 0 Å². The molecule has 1 aliphatic rings. The largest absolute Gasteiger partial charge is 0.397 e. The van der Waals surface area contributed by atoms with E-state index in [2.05, 4.69) is 47.8 Å². The quantitative estimate of drug-likeness (QED) is 0.464. The number of anilines is 3. The van der Waals surface area contributed by atoms with Gasteiger partial charge >= 0.3 is 0 Å². The molecule has 31 heavy (non-hydrogen) atoms. The third-order valence-electron chi connectivity index (χ3n) is 6.01. The van der Waals surface area contributed by atoms with Crippen molar-refractivity contribution in [3.63, 3.8) is 0 Å². The van der Waals surface area contributed by atoms with Gasteiger partial charge in [-0.25, -0.2) is 4.99 Å². The second kappa shape index (κ2) is 8.70. The molecule has 166 valence electrons. The average molecular weight is 423 g/mol. The van der Waals surface area contributed by atoms with Gasteiger partial charge in [0.25, 0.3) is 0 Å². The molecule has 0 bridgehead atoms. The van der Waals surface area contributed by atoms with E-state index in [0.29, 0.717) is 17.5 Å². The first-order valence-electron chi connectivity index (χ1n) is 11.3. The van der Waals surface area contributed by atoms with Gasteiger partial charge in [-0.2, -0.15) is 10.1 Å². The van der Waals surface area contributed by atoms with Crippen LogP contribution in [0.4, 0.5) is 17.2 Å². The molecule has 8 nitrogen and oxygen atoms in total. The Kier molecular flexibility index (Phi) is 6.00. The summed E-state index contributed by atoms with van der Waals surface area (Å²) in [6.45, 7) is 8.66. The number of hydrogen-bond donors (Lipinski definition) is 4. The van der Waals surface area contributed by atoms with Crippen LogP contribution in [0.3, 0.4) is 0 Å². The summed E-state index contributed by atoms with van der Waals surface area (Å²) >= 11 is 0. The van der Waals surface area contributed by atoms with Crippen LogP contribution in [-0.4, -0.2) is 31.8 Å². The number of nitrogens with two attached hydrogens (primary N) is 2. The number of aromatic amines is 1. The SMILES string of the molecule is CC(C)c1[nH]nc2c(Nc3ccccc3N)nc(=NC3CCC(N)CC3)n(C(C)C)c12. The van der Waals surface area contributed by atoms with Crippen molar-refractivity contribution in [1.29, 1.82) is 0 Å². The van der Waals surface area contributed by atoms with E-state index in [-0.39, 0.29) is 18.0 Å². The molecule has 0 aliphatic heterocycles. The van der Waals surface area contributed by atoms with Crippen molar-refractivity contribution in [3.8, 4) is 0 Å². The Morgan fingerprint density at radius 3 is 2.48 bits per heavy atom. The van der Waals surface area contributed by atoms with E-state index >= 15 is 0 Å². The third kappa shape index (κ3) is 4.30. The average Bonchev–Trinajstić information content (AvgIpc) is 3.16. The van der Waals surface area contributed by atoms with E-state index < -0.39 is 0 Å². The van der Waals surface area contributed by atoms with Gasteiger partial charge in [0.2, 0.25) is 5.62 Å². The van der Waals surface area contributed by atoms with E-state index in [1.807, 2.05) is 24.3 Å². The summed E-state index contributed by atoms with van der Waals surface area (Å²) in [4.78, 5) is 10.1. The van der Waals surface area contributed by atoms with Crippen LogP contribution in [0.5, 0.6) is 0 Å². The Bertz CT molecular complexity index is 1120. The number of aromatic nitrogens is 4. The molecular weight excluding hydrogens is 388 g/mol. The third-order valence-corrected chi connectivity index (χ3v) is 6.01. The molecule has 3 aromatic rings. The minimum atomic E-state index is 0.186. The highest BCUT2D eigenvalue weighted by Gasteiger charge is 2.22. The van der Waals surface area contributed by atoms with Crippen LogP contribution >= 0.6 is 0 Å². The second-order valence-electron chi connectivity index (χ2n) is 9.12. The van der Waals surface area contributed by atoms with Gasteiger partial charge in [0.05, 0.1) is 28.6 Å². The van der Waals surface area contributed by atoms with Crippen molar-refractivity contribution >= 4 is 28.2 Å². The lowest BCUT2D eigenvalue weighted by Crippen LogP contribution is -2.33. The van der Waals surface area contributed by atoms with E-state index in [0.717, 1.165) is 53.7 Å². The molecule has 2 aromatic heterocycles. The van der Waals surface area contributed by atoms with E-state index in [1.165, 1.54) is 0 Å². The van der Waals surface area contributed by atoms with Crippen LogP contribution < -0.4 is 22.4 Å². The Balaban J connectivity index is 1.93. The Morgan fingerprint density at radius 1 is 1.13 bits per heavy atom. The standard InChI is InChI=1S/C23H34N8/c1-13(2)19-21-20(30-29-19)22(27-18-8-6-5-7-17(18)25)28-23(31(21)14(3)4)26-16-11-9-15(24)10-12-16/h5-8,13-16H,9-12,24-25H2,1-4H3,(H,29,30)(H,26,27,28). The summed E-state index contributed by atoms with van der Waals surface area (Å²) in [6, 6.07) is 8.40. The zero-order chi connectivity index (χ0) is 22.1. The number of H-pyrrole nitrogens is 1. The van der Waals surface area contributed by atoms with Crippen LogP contribution in [0.25, 0.3) is 11.0 Å². The number of benzene rings is 1. The van der Waals surface area contributed by atoms with Gasteiger partial charge < -0.3 is 21.4 Å². The highest BCUT2D eigenvalue weighted by atomic mass is 15.2. The number of fused-ring (bicyclic) bond motifs is 1. The van der Waals surface area contributed by atoms with Crippen LogP contribution in [0.15, 0.2) is 29.3 Å². The Hall–Kier alpha value is -2.87. The topological polar surface area (TPSA) is 123 Å². The van der Waals surface area contributed by atoms with Crippen molar-refractivity contribution < 1.29 is 0 Å². The molecule has 4 rings (SSSR count). The smallest absolute Gasteiger partial charge is 0.227 e. The van der Waals surface area contributed by atoms with Gasteiger partial charge in [-0.1, -0.05) is 26.0 Å². The first-order chi connectivity index (χ1) is 14.8. The molecule has 1 aliphatic carbocycles. The molecule has 8 heteroatoms.